The Hall–Kier alpha value is -2.14. The average Bonchev–Trinajstić information content (AvgIpc) is 2.47. The van der Waals surface area contributed by atoms with Crippen molar-refractivity contribution in [1.82, 2.24) is 0 Å². The number of rotatable bonds is 5. The number of carboxylic acid groups (broad SMARTS) is 1. The molecule has 0 aliphatic carbocycles. The fourth-order valence-corrected chi connectivity index (χ4v) is 3.04. The molecule has 0 bridgehead atoms. The van der Waals surface area contributed by atoms with Crippen molar-refractivity contribution in [3.63, 3.8) is 0 Å². The van der Waals surface area contributed by atoms with E-state index in [1.807, 2.05) is 12.1 Å². The van der Waals surface area contributed by atoms with Crippen molar-refractivity contribution < 1.29 is 18.8 Å². The Balaban J connectivity index is 2.17. The van der Waals surface area contributed by atoms with Crippen LogP contribution in [0.4, 0.5) is 0 Å². The van der Waals surface area contributed by atoms with Crippen molar-refractivity contribution in [1.29, 1.82) is 0 Å². The highest BCUT2D eigenvalue weighted by molar-refractivity contribution is 7.84. The number of ether oxygens (including phenoxy) is 1. The van der Waals surface area contributed by atoms with Crippen molar-refractivity contribution in [3.05, 3.63) is 59.7 Å². The predicted molar refractivity (Wildman–Crippen MR) is 76.5 cm³/mol. The van der Waals surface area contributed by atoms with Crippen LogP contribution in [-0.4, -0.2) is 22.4 Å². The minimum Gasteiger partial charge on any atom is -0.495 e. The van der Waals surface area contributed by atoms with E-state index in [1.54, 1.807) is 24.3 Å². The van der Waals surface area contributed by atoms with E-state index in [2.05, 4.69) is 0 Å². The minimum absolute atomic E-state index is 0.219. The molecule has 5 heteroatoms. The summed E-state index contributed by atoms with van der Waals surface area (Å²) in [6.07, 6.45) is 0. The molecule has 4 nitrogen and oxygen atoms in total. The van der Waals surface area contributed by atoms with Gasteiger partial charge in [-0.3, -0.25) is 4.21 Å². The summed E-state index contributed by atoms with van der Waals surface area (Å²) < 4.78 is 17.5. The van der Waals surface area contributed by atoms with Gasteiger partial charge in [0.25, 0.3) is 0 Å². The van der Waals surface area contributed by atoms with Gasteiger partial charge in [-0.25, -0.2) is 4.79 Å². The highest BCUT2D eigenvalue weighted by Crippen LogP contribution is 2.23. The lowest BCUT2D eigenvalue weighted by atomic mass is 10.1. The van der Waals surface area contributed by atoms with Crippen LogP contribution in [0.3, 0.4) is 0 Å². The third kappa shape index (κ3) is 3.24. The Kier molecular flexibility index (Phi) is 4.53. The number of hydrogen-bond donors (Lipinski definition) is 1. The summed E-state index contributed by atoms with van der Waals surface area (Å²) in [5, 5.41) is 8.83. The van der Waals surface area contributed by atoms with Crippen molar-refractivity contribution in [2.45, 2.75) is 10.6 Å². The Morgan fingerprint density at radius 2 is 1.80 bits per heavy atom. The van der Waals surface area contributed by atoms with Gasteiger partial charge in [-0.05, 0) is 29.8 Å². The van der Waals surface area contributed by atoms with Crippen molar-refractivity contribution >= 4 is 16.8 Å². The van der Waals surface area contributed by atoms with Crippen LogP contribution in [0.25, 0.3) is 0 Å². The van der Waals surface area contributed by atoms with E-state index in [1.165, 1.54) is 19.2 Å². The summed E-state index contributed by atoms with van der Waals surface area (Å²) >= 11 is 0. The van der Waals surface area contributed by atoms with Gasteiger partial charge in [-0.1, -0.05) is 24.3 Å². The molecule has 1 atom stereocenters. The highest BCUT2D eigenvalue weighted by atomic mass is 32.2. The maximum atomic E-state index is 12.3. The Labute approximate surface area is 119 Å². The van der Waals surface area contributed by atoms with Gasteiger partial charge >= 0.3 is 5.97 Å². The molecule has 20 heavy (non-hydrogen) atoms. The van der Waals surface area contributed by atoms with Gasteiger partial charge < -0.3 is 9.84 Å². The first kappa shape index (κ1) is 14.3. The van der Waals surface area contributed by atoms with Gasteiger partial charge in [0.1, 0.15) is 5.75 Å². The van der Waals surface area contributed by atoms with E-state index in [0.29, 0.717) is 16.4 Å². The molecule has 2 aromatic carbocycles. The number of hydrogen-bond acceptors (Lipinski definition) is 3. The van der Waals surface area contributed by atoms with E-state index in [0.717, 1.165) is 5.56 Å². The summed E-state index contributed by atoms with van der Waals surface area (Å²) in [5.74, 6) is -0.0596. The van der Waals surface area contributed by atoms with E-state index in [-0.39, 0.29) is 5.56 Å². The van der Waals surface area contributed by atoms with Crippen LogP contribution in [0.5, 0.6) is 5.75 Å². The highest BCUT2D eigenvalue weighted by Gasteiger charge is 2.11. The Bertz CT molecular complexity index is 635. The molecule has 104 valence electrons. The summed E-state index contributed by atoms with van der Waals surface area (Å²) in [6.45, 7) is 0. The Morgan fingerprint density at radius 3 is 2.40 bits per heavy atom. The fourth-order valence-electron chi connectivity index (χ4n) is 1.78. The summed E-state index contributed by atoms with van der Waals surface area (Å²) in [6, 6.07) is 13.5. The first-order valence-corrected chi connectivity index (χ1v) is 7.27. The number of aromatic carboxylic acids is 1. The topological polar surface area (TPSA) is 63.6 Å². The second-order valence-corrected chi connectivity index (χ2v) is 5.56. The van der Waals surface area contributed by atoms with Crippen molar-refractivity contribution in [2.24, 2.45) is 0 Å². The predicted octanol–water partition coefficient (Wildman–Crippen LogP) is 2.70. The summed E-state index contributed by atoms with van der Waals surface area (Å²) in [7, 11) is 0.304. The number of benzene rings is 2. The number of carbonyl (C=O) groups is 1. The van der Waals surface area contributed by atoms with Crippen molar-refractivity contribution in [2.75, 3.05) is 7.11 Å². The van der Waals surface area contributed by atoms with Gasteiger partial charge in [-0.2, -0.15) is 0 Å². The molecule has 0 aliphatic heterocycles. The molecule has 0 aliphatic rings. The van der Waals surface area contributed by atoms with Gasteiger partial charge in [0.15, 0.2) is 0 Å². The van der Waals surface area contributed by atoms with Crippen LogP contribution in [0, 0.1) is 0 Å². The molecule has 0 aromatic heterocycles. The summed E-state index contributed by atoms with van der Waals surface area (Å²) in [4.78, 5) is 11.4. The zero-order chi connectivity index (χ0) is 14.5. The third-order valence-electron chi connectivity index (χ3n) is 2.81. The minimum atomic E-state index is -1.24. The molecule has 0 amide bonds. The Morgan fingerprint density at radius 1 is 1.15 bits per heavy atom. The molecule has 0 heterocycles. The zero-order valence-corrected chi connectivity index (χ0v) is 11.7. The van der Waals surface area contributed by atoms with E-state index in [9.17, 15) is 9.00 Å². The quantitative estimate of drug-likeness (QED) is 0.919. The largest absolute Gasteiger partial charge is 0.495 e. The second kappa shape index (κ2) is 6.34. The number of carboxylic acids is 1. The van der Waals surface area contributed by atoms with E-state index >= 15 is 0 Å². The molecule has 0 saturated heterocycles. The SMILES string of the molecule is COc1ccccc1S(=O)Cc1ccc(C(=O)O)cc1. The molecule has 0 radical (unpaired) electrons. The maximum absolute atomic E-state index is 12.3. The van der Waals surface area contributed by atoms with Gasteiger partial charge in [0.2, 0.25) is 0 Å². The lowest BCUT2D eigenvalue weighted by Crippen LogP contribution is -2.00. The maximum Gasteiger partial charge on any atom is 0.335 e. The lowest BCUT2D eigenvalue weighted by Gasteiger charge is -2.08. The molecular formula is C15H14O4S. The van der Waals surface area contributed by atoms with Gasteiger partial charge in [0, 0.05) is 0 Å². The molecule has 1 unspecified atom stereocenters. The summed E-state index contributed by atoms with van der Waals surface area (Å²) in [5.41, 5.74) is 1.04. The third-order valence-corrected chi connectivity index (χ3v) is 4.24. The second-order valence-electron chi connectivity index (χ2n) is 4.14. The smallest absolute Gasteiger partial charge is 0.335 e. The van der Waals surface area contributed by atoms with E-state index < -0.39 is 16.8 Å². The van der Waals surface area contributed by atoms with Crippen LogP contribution in [0.1, 0.15) is 15.9 Å². The normalized spacial score (nSPS) is 11.8. The van der Waals surface area contributed by atoms with Crippen LogP contribution in [0.2, 0.25) is 0 Å². The molecule has 0 spiro atoms. The monoisotopic (exact) mass is 290 g/mol. The number of para-hydroxylation sites is 1. The molecule has 0 saturated carbocycles. The first-order chi connectivity index (χ1) is 9.61. The molecule has 1 N–H and O–H groups in total. The van der Waals surface area contributed by atoms with Crippen LogP contribution < -0.4 is 4.74 Å². The molecule has 2 rings (SSSR count). The fraction of sp³-hybridized carbons (Fsp3) is 0.133. The standard InChI is InChI=1S/C15H14O4S/c1-19-13-4-2-3-5-14(13)20(18)10-11-6-8-12(9-7-11)15(16)17/h2-9H,10H2,1H3,(H,16,17). The molecule has 2 aromatic rings. The molecule has 0 fully saturated rings. The molecular weight excluding hydrogens is 276 g/mol. The van der Waals surface area contributed by atoms with E-state index in [4.69, 9.17) is 9.84 Å². The van der Waals surface area contributed by atoms with Crippen LogP contribution in [0.15, 0.2) is 53.4 Å². The number of methoxy groups -OCH3 is 1. The average molecular weight is 290 g/mol. The van der Waals surface area contributed by atoms with Gasteiger partial charge in [0.05, 0.1) is 34.1 Å². The van der Waals surface area contributed by atoms with Crippen molar-refractivity contribution in [3.8, 4) is 5.75 Å². The van der Waals surface area contributed by atoms with Crippen LogP contribution in [-0.2, 0) is 16.6 Å². The van der Waals surface area contributed by atoms with Crippen LogP contribution >= 0.6 is 0 Å². The first-order valence-electron chi connectivity index (χ1n) is 5.95. The lowest BCUT2D eigenvalue weighted by molar-refractivity contribution is 0.0697. The van der Waals surface area contributed by atoms with Gasteiger partial charge in [-0.15, -0.1) is 0 Å². The zero-order valence-electron chi connectivity index (χ0n) is 10.9.